The SMILES string of the molecule is O=C(CN1C(=O)c2ccccc2S1(=O)=O)NCCC1CCC(F)(F)C1. The van der Waals surface area contributed by atoms with Crippen molar-refractivity contribution in [1.82, 2.24) is 9.62 Å². The van der Waals surface area contributed by atoms with E-state index >= 15 is 0 Å². The summed E-state index contributed by atoms with van der Waals surface area (Å²) in [7, 11) is -4.02. The van der Waals surface area contributed by atoms with E-state index in [1.165, 1.54) is 18.2 Å². The molecule has 1 atom stereocenters. The summed E-state index contributed by atoms with van der Waals surface area (Å²) in [5, 5.41) is 2.51. The fourth-order valence-electron chi connectivity index (χ4n) is 3.28. The fourth-order valence-corrected chi connectivity index (χ4v) is 4.80. The zero-order valence-corrected chi connectivity index (χ0v) is 14.2. The number of amides is 2. The van der Waals surface area contributed by atoms with Gasteiger partial charge in [0.05, 0.1) is 5.56 Å². The highest BCUT2D eigenvalue weighted by Gasteiger charge is 2.42. The van der Waals surface area contributed by atoms with E-state index in [0.29, 0.717) is 17.1 Å². The Balaban J connectivity index is 1.55. The van der Waals surface area contributed by atoms with Crippen LogP contribution in [0.1, 0.15) is 36.0 Å². The number of benzene rings is 1. The van der Waals surface area contributed by atoms with Crippen LogP contribution >= 0.6 is 0 Å². The molecule has 1 fully saturated rings. The molecule has 0 saturated heterocycles. The van der Waals surface area contributed by atoms with Gasteiger partial charge in [-0.15, -0.1) is 0 Å². The van der Waals surface area contributed by atoms with E-state index in [1.54, 1.807) is 6.07 Å². The molecule has 0 radical (unpaired) electrons. The smallest absolute Gasteiger partial charge is 0.269 e. The van der Waals surface area contributed by atoms with E-state index in [0.717, 1.165) is 0 Å². The molecule has 0 bridgehead atoms. The fraction of sp³-hybridized carbons (Fsp3) is 0.500. The molecule has 25 heavy (non-hydrogen) atoms. The molecule has 1 aromatic carbocycles. The molecule has 136 valence electrons. The van der Waals surface area contributed by atoms with Gasteiger partial charge in [-0.1, -0.05) is 12.1 Å². The van der Waals surface area contributed by atoms with E-state index in [2.05, 4.69) is 5.32 Å². The molecule has 2 amide bonds. The molecule has 1 aliphatic carbocycles. The van der Waals surface area contributed by atoms with Gasteiger partial charge in [-0.2, -0.15) is 0 Å². The van der Waals surface area contributed by atoms with Gasteiger partial charge in [0.25, 0.3) is 15.9 Å². The molecule has 1 N–H and O–H groups in total. The zero-order chi connectivity index (χ0) is 18.2. The Labute approximate surface area is 144 Å². The van der Waals surface area contributed by atoms with Crippen LogP contribution in [0.5, 0.6) is 0 Å². The number of fused-ring (bicyclic) bond motifs is 1. The Bertz CT molecular complexity index is 810. The highest BCUT2D eigenvalue weighted by Crippen LogP contribution is 2.40. The predicted molar refractivity (Wildman–Crippen MR) is 84.6 cm³/mol. The molecular formula is C16H18F2N2O4S. The number of hydrogen-bond acceptors (Lipinski definition) is 4. The van der Waals surface area contributed by atoms with Gasteiger partial charge in [-0.25, -0.2) is 21.5 Å². The molecule has 1 unspecified atom stereocenters. The molecule has 1 aliphatic heterocycles. The third kappa shape index (κ3) is 3.51. The Hall–Kier alpha value is -2.03. The molecule has 0 aromatic heterocycles. The minimum atomic E-state index is -4.02. The summed E-state index contributed by atoms with van der Waals surface area (Å²) in [6.07, 6.45) is 0.501. The van der Waals surface area contributed by atoms with Crippen LogP contribution < -0.4 is 5.32 Å². The highest BCUT2D eigenvalue weighted by atomic mass is 32.2. The lowest BCUT2D eigenvalue weighted by Crippen LogP contribution is -2.40. The second-order valence-corrected chi connectivity index (χ2v) is 8.25. The van der Waals surface area contributed by atoms with E-state index in [4.69, 9.17) is 0 Å². The van der Waals surface area contributed by atoms with Crippen LogP contribution in [-0.4, -0.2) is 43.5 Å². The molecule has 6 nitrogen and oxygen atoms in total. The molecule has 3 rings (SSSR count). The lowest BCUT2D eigenvalue weighted by atomic mass is 10.0. The topological polar surface area (TPSA) is 83.6 Å². The summed E-state index contributed by atoms with van der Waals surface area (Å²) in [5.41, 5.74) is 0.0449. The first-order valence-corrected chi connectivity index (χ1v) is 9.45. The van der Waals surface area contributed by atoms with Gasteiger partial charge in [0.2, 0.25) is 11.8 Å². The number of halogens is 2. The number of carbonyl (C=O) groups is 2. The average Bonchev–Trinajstić information content (AvgIpc) is 2.98. The van der Waals surface area contributed by atoms with Gasteiger partial charge in [0.1, 0.15) is 11.4 Å². The molecule has 9 heteroatoms. The van der Waals surface area contributed by atoms with Crippen LogP contribution in [0.3, 0.4) is 0 Å². The van der Waals surface area contributed by atoms with Crippen molar-refractivity contribution in [3.05, 3.63) is 29.8 Å². The van der Waals surface area contributed by atoms with Gasteiger partial charge >= 0.3 is 0 Å². The first-order chi connectivity index (χ1) is 11.7. The maximum Gasteiger partial charge on any atom is 0.269 e. The second kappa shape index (κ2) is 6.36. The third-order valence-corrected chi connectivity index (χ3v) is 6.37. The summed E-state index contributed by atoms with van der Waals surface area (Å²) in [5.74, 6) is -4.15. The van der Waals surface area contributed by atoms with Gasteiger partial charge in [-0.05, 0) is 30.9 Å². The number of nitrogens with one attached hydrogen (secondary N) is 1. The Morgan fingerprint density at radius 1 is 1.32 bits per heavy atom. The number of hydrogen-bond donors (Lipinski definition) is 1. The van der Waals surface area contributed by atoms with Crippen molar-refractivity contribution >= 4 is 21.8 Å². The van der Waals surface area contributed by atoms with Crippen LogP contribution in [0.4, 0.5) is 8.78 Å². The first kappa shape index (κ1) is 17.8. The van der Waals surface area contributed by atoms with Crippen LogP contribution in [0, 0.1) is 5.92 Å². The molecule has 2 aliphatic rings. The van der Waals surface area contributed by atoms with Crippen molar-refractivity contribution < 1.29 is 26.8 Å². The Morgan fingerprint density at radius 2 is 2.04 bits per heavy atom. The number of nitrogens with zero attached hydrogens (tertiary/aromatic N) is 1. The summed E-state index contributed by atoms with van der Waals surface area (Å²) < 4.78 is 51.4. The normalized spacial score (nSPS) is 23.5. The van der Waals surface area contributed by atoms with Crippen molar-refractivity contribution in [1.29, 1.82) is 0 Å². The summed E-state index contributed by atoms with van der Waals surface area (Å²) in [4.78, 5) is 24.0. The molecule has 1 aromatic rings. The number of sulfonamides is 1. The van der Waals surface area contributed by atoms with Crippen LogP contribution in [0.25, 0.3) is 0 Å². The van der Waals surface area contributed by atoms with Crippen molar-refractivity contribution in [2.75, 3.05) is 13.1 Å². The first-order valence-electron chi connectivity index (χ1n) is 8.01. The van der Waals surface area contributed by atoms with Gasteiger partial charge in [-0.3, -0.25) is 9.59 Å². The Morgan fingerprint density at radius 3 is 2.68 bits per heavy atom. The van der Waals surface area contributed by atoms with E-state index in [9.17, 15) is 26.8 Å². The molecule has 1 heterocycles. The van der Waals surface area contributed by atoms with E-state index in [-0.39, 0.29) is 35.8 Å². The van der Waals surface area contributed by atoms with Crippen molar-refractivity contribution in [3.8, 4) is 0 Å². The van der Waals surface area contributed by atoms with Gasteiger partial charge < -0.3 is 5.32 Å². The lowest BCUT2D eigenvalue weighted by Gasteiger charge is -2.15. The lowest BCUT2D eigenvalue weighted by molar-refractivity contribution is -0.121. The molecule has 1 saturated carbocycles. The standard InChI is InChI=1S/C16H18F2N2O4S/c17-16(18)7-5-11(9-16)6-8-19-14(21)10-20-15(22)12-3-1-2-4-13(12)25(20,23)24/h1-4,11H,5-10H2,(H,19,21). The maximum absolute atomic E-state index is 13.1. The van der Waals surface area contributed by atoms with Crippen LogP contribution in [0.2, 0.25) is 0 Å². The van der Waals surface area contributed by atoms with Gasteiger partial charge in [0, 0.05) is 19.4 Å². The van der Waals surface area contributed by atoms with Crippen molar-refractivity contribution in [3.63, 3.8) is 0 Å². The quantitative estimate of drug-likeness (QED) is 0.854. The molecular weight excluding hydrogens is 354 g/mol. The van der Waals surface area contributed by atoms with E-state index < -0.39 is 34.3 Å². The van der Waals surface area contributed by atoms with Crippen molar-refractivity contribution in [2.45, 2.75) is 36.5 Å². The average molecular weight is 372 g/mol. The van der Waals surface area contributed by atoms with Crippen LogP contribution in [0.15, 0.2) is 29.2 Å². The van der Waals surface area contributed by atoms with Crippen LogP contribution in [-0.2, 0) is 14.8 Å². The van der Waals surface area contributed by atoms with Gasteiger partial charge in [0.15, 0.2) is 0 Å². The minimum absolute atomic E-state index is 0.0449. The third-order valence-electron chi connectivity index (χ3n) is 4.58. The monoisotopic (exact) mass is 372 g/mol. The number of carbonyl (C=O) groups excluding carboxylic acids is 2. The summed E-state index contributed by atoms with van der Waals surface area (Å²) >= 11 is 0. The number of alkyl halides is 2. The maximum atomic E-state index is 13.1. The summed E-state index contributed by atoms with van der Waals surface area (Å²) in [6.45, 7) is -0.439. The second-order valence-electron chi connectivity index (χ2n) is 6.42. The van der Waals surface area contributed by atoms with E-state index in [1.807, 2.05) is 0 Å². The van der Waals surface area contributed by atoms with Crippen molar-refractivity contribution in [2.24, 2.45) is 5.92 Å². The predicted octanol–water partition coefficient (Wildman–Crippen LogP) is 1.77. The highest BCUT2D eigenvalue weighted by molar-refractivity contribution is 7.90. The Kier molecular flexibility index (Phi) is 4.52. The molecule has 0 spiro atoms. The minimum Gasteiger partial charge on any atom is -0.355 e. The largest absolute Gasteiger partial charge is 0.355 e. The number of rotatable bonds is 5. The summed E-state index contributed by atoms with van der Waals surface area (Å²) in [6, 6.07) is 5.77. The zero-order valence-electron chi connectivity index (χ0n) is 13.4.